The summed E-state index contributed by atoms with van der Waals surface area (Å²) in [5.74, 6) is 1.07. The Morgan fingerprint density at radius 3 is 1.98 bits per heavy atom. The lowest BCUT2D eigenvalue weighted by atomic mass is 9.96. The van der Waals surface area contributed by atoms with Gasteiger partial charge in [0.15, 0.2) is 11.7 Å². The number of benzene rings is 8. The van der Waals surface area contributed by atoms with Crippen LogP contribution in [0.15, 0.2) is 195 Å². The molecule has 0 spiro atoms. The number of para-hydroxylation sites is 1. The first kappa shape index (κ1) is 31.1. The highest BCUT2D eigenvalue weighted by Crippen LogP contribution is 2.39. The van der Waals surface area contributed by atoms with Crippen LogP contribution < -0.4 is 0 Å². The van der Waals surface area contributed by atoms with Gasteiger partial charge in [0, 0.05) is 27.5 Å². The SMILES string of the molecule is C=NC(=NC(=NCc1ccccc1)c1ccc2c(ccc3ccccc32)c1)c1ccc(-c2ccc(-c3ccccc3)cc2)c2oc3ccccc3c12. The van der Waals surface area contributed by atoms with Crippen LogP contribution in [0, 0.1) is 0 Å². The van der Waals surface area contributed by atoms with E-state index in [4.69, 9.17) is 14.4 Å². The van der Waals surface area contributed by atoms with E-state index in [1.54, 1.807) is 0 Å². The second-order valence-corrected chi connectivity index (χ2v) is 12.8. The lowest BCUT2D eigenvalue weighted by Crippen LogP contribution is -2.06. The molecular formula is C48H33N3O. The minimum absolute atomic E-state index is 0.474. The molecule has 0 amide bonds. The Hall–Kier alpha value is -6.91. The van der Waals surface area contributed by atoms with Crippen molar-refractivity contribution in [3.63, 3.8) is 0 Å². The molecule has 0 aliphatic carbocycles. The topological polar surface area (TPSA) is 50.2 Å². The fourth-order valence-electron chi connectivity index (χ4n) is 7.09. The van der Waals surface area contributed by atoms with Gasteiger partial charge in [-0.1, -0.05) is 152 Å². The van der Waals surface area contributed by atoms with Gasteiger partial charge in [-0.05, 0) is 74.8 Å². The van der Waals surface area contributed by atoms with E-state index in [-0.39, 0.29) is 0 Å². The highest BCUT2D eigenvalue weighted by atomic mass is 16.3. The Morgan fingerprint density at radius 2 is 1.17 bits per heavy atom. The van der Waals surface area contributed by atoms with E-state index < -0.39 is 0 Å². The maximum atomic E-state index is 6.62. The van der Waals surface area contributed by atoms with Crippen LogP contribution in [0.4, 0.5) is 0 Å². The van der Waals surface area contributed by atoms with Crippen LogP contribution in [0.1, 0.15) is 16.7 Å². The third-order valence-corrected chi connectivity index (χ3v) is 9.69. The van der Waals surface area contributed by atoms with Crippen LogP contribution in [-0.2, 0) is 6.54 Å². The number of rotatable bonds is 6. The summed E-state index contributed by atoms with van der Waals surface area (Å²) < 4.78 is 6.62. The summed E-state index contributed by atoms with van der Waals surface area (Å²) in [6.07, 6.45) is 0. The molecule has 0 fully saturated rings. The third kappa shape index (κ3) is 5.76. The van der Waals surface area contributed by atoms with Gasteiger partial charge in [0.2, 0.25) is 0 Å². The normalized spacial score (nSPS) is 12.2. The number of hydrogen-bond acceptors (Lipinski definition) is 2. The van der Waals surface area contributed by atoms with Crippen LogP contribution in [0.2, 0.25) is 0 Å². The molecule has 1 aromatic heterocycles. The van der Waals surface area contributed by atoms with E-state index in [0.29, 0.717) is 18.2 Å². The summed E-state index contributed by atoms with van der Waals surface area (Å²) in [5.41, 5.74) is 8.82. The van der Waals surface area contributed by atoms with Crippen molar-refractivity contribution in [2.75, 3.05) is 0 Å². The predicted octanol–water partition coefficient (Wildman–Crippen LogP) is 12.3. The second kappa shape index (κ2) is 13.4. The first-order chi connectivity index (χ1) is 25.7. The molecule has 0 saturated carbocycles. The average molecular weight is 668 g/mol. The van der Waals surface area contributed by atoms with Gasteiger partial charge < -0.3 is 4.42 Å². The first-order valence-corrected chi connectivity index (χ1v) is 17.4. The standard InChI is InChI=1S/C48H33N3O/c1-49-48(51-47(50-31-32-12-4-2-5-13-32)38-26-27-40-37(30-38)25-24-35-16-8-9-17-39(35)40)43-29-28-41(46-45(43)42-18-10-11-19-44(42)52-46)36-22-20-34(21-23-36)33-14-6-3-7-15-33/h2-30H,1,31H2. The van der Waals surface area contributed by atoms with Gasteiger partial charge in [-0.25, -0.2) is 9.98 Å². The highest BCUT2D eigenvalue weighted by molar-refractivity contribution is 6.24. The number of amidine groups is 2. The summed E-state index contributed by atoms with van der Waals surface area (Å²) in [6, 6.07) is 60.8. The van der Waals surface area contributed by atoms with Crippen molar-refractivity contribution in [3.8, 4) is 22.3 Å². The van der Waals surface area contributed by atoms with E-state index in [2.05, 4.69) is 145 Å². The molecule has 9 rings (SSSR count). The van der Waals surface area contributed by atoms with Crippen LogP contribution >= 0.6 is 0 Å². The molecule has 1 heterocycles. The summed E-state index contributed by atoms with van der Waals surface area (Å²) in [6.45, 7) is 4.48. The fourth-order valence-corrected chi connectivity index (χ4v) is 7.09. The molecule has 0 radical (unpaired) electrons. The predicted molar refractivity (Wildman–Crippen MR) is 219 cm³/mol. The zero-order valence-corrected chi connectivity index (χ0v) is 28.4. The van der Waals surface area contributed by atoms with Gasteiger partial charge in [0.25, 0.3) is 0 Å². The van der Waals surface area contributed by atoms with Crippen LogP contribution in [0.5, 0.6) is 0 Å². The molecule has 0 bridgehead atoms. The van der Waals surface area contributed by atoms with Crippen molar-refractivity contribution >= 4 is 61.9 Å². The molecule has 0 N–H and O–H groups in total. The molecule has 0 aliphatic heterocycles. The zero-order chi connectivity index (χ0) is 34.9. The lowest BCUT2D eigenvalue weighted by molar-refractivity contribution is 0.670. The third-order valence-electron chi connectivity index (χ3n) is 9.69. The molecule has 9 aromatic rings. The summed E-state index contributed by atoms with van der Waals surface area (Å²) in [7, 11) is 0. The largest absolute Gasteiger partial charge is 0.455 e. The Morgan fingerprint density at radius 1 is 0.519 bits per heavy atom. The minimum atomic E-state index is 0.474. The summed E-state index contributed by atoms with van der Waals surface area (Å²) in [4.78, 5) is 14.8. The van der Waals surface area contributed by atoms with Gasteiger partial charge in [-0.2, -0.15) is 0 Å². The van der Waals surface area contributed by atoms with Crippen molar-refractivity contribution in [1.82, 2.24) is 0 Å². The van der Waals surface area contributed by atoms with Crippen molar-refractivity contribution in [1.29, 1.82) is 0 Å². The van der Waals surface area contributed by atoms with Crippen LogP contribution in [0.25, 0.3) is 65.7 Å². The Bertz CT molecular complexity index is 2810. The van der Waals surface area contributed by atoms with Crippen molar-refractivity contribution in [2.24, 2.45) is 15.0 Å². The molecule has 52 heavy (non-hydrogen) atoms. The molecule has 4 heteroatoms. The van der Waals surface area contributed by atoms with Gasteiger partial charge in [-0.15, -0.1) is 0 Å². The van der Waals surface area contributed by atoms with Gasteiger partial charge in [0.1, 0.15) is 11.2 Å². The van der Waals surface area contributed by atoms with Gasteiger partial charge in [-0.3, -0.25) is 4.99 Å². The average Bonchev–Trinajstić information content (AvgIpc) is 3.61. The Labute approximate surface area is 301 Å². The quantitative estimate of drug-likeness (QED) is 0.0989. The molecule has 0 saturated heterocycles. The van der Waals surface area contributed by atoms with Gasteiger partial charge >= 0.3 is 0 Å². The van der Waals surface area contributed by atoms with E-state index in [1.165, 1.54) is 21.7 Å². The smallest absolute Gasteiger partial charge is 0.161 e. The minimum Gasteiger partial charge on any atom is -0.455 e. The Kier molecular flexibility index (Phi) is 8.03. The van der Waals surface area contributed by atoms with Crippen LogP contribution in [-0.4, -0.2) is 18.4 Å². The van der Waals surface area contributed by atoms with Crippen molar-refractivity contribution in [3.05, 3.63) is 193 Å². The van der Waals surface area contributed by atoms with Gasteiger partial charge in [0.05, 0.1) is 6.54 Å². The number of fused-ring (bicyclic) bond motifs is 6. The lowest BCUT2D eigenvalue weighted by Gasteiger charge is -2.11. The zero-order valence-electron chi connectivity index (χ0n) is 28.4. The summed E-state index contributed by atoms with van der Waals surface area (Å²) in [5, 5.41) is 6.68. The molecule has 0 aliphatic rings. The van der Waals surface area contributed by atoms with E-state index in [0.717, 1.165) is 60.7 Å². The first-order valence-electron chi connectivity index (χ1n) is 17.4. The number of nitrogens with zero attached hydrogens (tertiary/aromatic N) is 3. The number of aliphatic imine (C=N–C) groups is 3. The molecular weight excluding hydrogens is 635 g/mol. The number of furan rings is 1. The second-order valence-electron chi connectivity index (χ2n) is 12.8. The van der Waals surface area contributed by atoms with Crippen molar-refractivity contribution in [2.45, 2.75) is 6.54 Å². The monoisotopic (exact) mass is 667 g/mol. The molecule has 4 nitrogen and oxygen atoms in total. The molecule has 246 valence electrons. The fraction of sp³-hybridized carbons (Fsp3) is 0.0208. The maximum absolute atomic E-state index is 6.62. The Balaban J connectivity index is 1.19. The maximum Gasteiger partial charge on any atom is 0.161 e. The van der Waals surface area contributed by atoms with Crippen molar-refractivity contribution < 1.29 is 4.42 Å². The molecule has 0 atom stereocenters. The van der Waals surface area contributed by atoms with E-state index in [1.807, 2.05) is 42.5 Å². The molecule has 0 unspecified atom stereocenters. The molecule has 8 aromatic carbocycles. The summed E-state index contributed by atoms with van der Waals surface area (Å²) >= 11 is 0. The van der Waals surface area contributed by atoms with E-state index >= 15 is 0 Å². The van der Waals surface area contributed by atoms with Crippen LogP contribution in [0.3, 0.4) is 0 Å². The number of hydrogen-bond donors (Lipinski definition) is 0. The van der Waals surface area contributed by atoms with E-state index in [9.17, 15) is 0 Å². The highest BCUT2D eigenvalue weighted by Gasteiger charge is 2.20.